The Morgan fingerprint density at radius 1 is 1.31 bits per heavy atom. The Morgan fingerprint density at radius 2 is 1.77 bits per heavy atom. The average molecular weight is 189 g/mol. The van der Waals surface area contributed by atoms with E-state index in [9.17, 15) is 14.4 Å². The molecule has 0 spiro atoms. The Labute approximate surface area is 74.3 Å². The Morgan fingerprint density at radius 3 is 2.00 bits per heavy atom. The van der Waals surface area contributed by atoms with Crippen molar-refractivity contribution in [1.29, 1.82) is 0 Å². The molecule has 0 bridgehead atoms. The molecule has 2 unspecified atom stereocenters. The summed E-state index contributed by atoms with van der Waals surface area (Å²) >= 11 is 0. The van der Waals surface area contributed by atoms with E-state index in [1.807, 2.05) is 0 Å². The van der Waals surface area contributed by atoms with E-state index in [1.165, 1.54) is 6.92 Å². The van der Waals surface area contributed by atoms with Gasteiger partial charge in [0.05, 0.1) is 12.0 Å². The van der Waals surface area contributed by atoms with E-state index in [0.717, 1.165) is 0 Å². The largest absolute Gasteiger partial charge is 0.481 e. The number of aliphatic carboxylic acids is 2. The van der Waals surface area contributed by atoms with Gasteiger partial charge < -0.3 is 15.9 Å². The third-order valence-electron chi connectivity index (χ3n) is 1.70. The van der Waals surface area contributed by atoms with Gasteiger partial charge in [0.15, 0.2) is 0 Å². The summed E-state index contributed by atoms with van der Waals surface area (Å²) in [5.41, 5.74) is 5.16. The first-order chi connectivity index (χ1) is 5.91. The molecule has 0 aliphatic heterocycles. The molecule has 0 aromatic rings. The van der Waals surface area contributed by atoms with Gasteiger partial charge in [-0.25, -0.2) is 4.79 Å². The maximum absolute atomic E-state index is 10.8. The van der Waals surface area contributed by atoms with Crippen LogP contribution in [0.25, 0.3) is 0 Å². The number of rotatable bonds is 5. The van der Waals surface area contributed by atoms with Crippen molar-refractivity contribution >= 4 is 17.7 Å². The van der Waals surface area contributed by atoms with Crippen molar-refractivity contribution in [3.05, 3.63) is 0 Å². The highest BCUT2D eigenvalue weighted by Crippen LogP contribution is 2.08. The van der Waals surface area contributed by atoms with Crippen molar-refractivity contribution in [2.24, 2.45) is 11.7 Å². The molecule has 4 N–H and O–H groups in total. The molecule has 0 aromatic heterocycles. The molecule has 13 heavy (non-hydrogen) atoms. The summed E-state index contributed by atoms with van der Waals surface area (Å²) in [4.78, 5) is 31.4. The van der Waals surface area contributed by atoms with Gasteiger partial charge in [0, 0.05) is 0 Å². The van der Waals surface area contributed by atoms with Crippen molar-refractivity contribution < 1.29 is 24.6 Å². The summed E-state index contributed by atoms with van der Waals surface area (Å²) in [6.07, 6.45) is 0.121. The molecule has 6 nitrogen and oxygen atoms in total. The molecule has 0 saturated heterocycles. The third kappa shape index (κ3) is 2.83. The van der Waals surface area contributed by atoms with E-state index in [2.05, 4.69) is 0 Å². The van der Waals surface area contributed by atoms with Gasteiger partial charge in [-0.2, -0.15) is 0 Å². The minimum Gasteiger partial charge on any atom is -0.481 e. The fraction of sp³-hybridized carbons (Fsp3) is 0.571. The number of carbonyl (C=O) groups excluding carboxylic acids is 1. The molecule has 0 aromatic carbocycles. The van der Waals surface area contributed by atoms with Crippen LogP contribution in [-0.4, -0.2) is 34.0 Å². The SMILES string of the molecule is CCC(C(=O)O)C(N)C(=O)C(=O)O. The Balaban J connectivity index is 4.55. The maximum atomic E-state index is 10.8. The Bertz CT molecular complexity index is 237. The van der Waals surface area contributed by atoms with Gasteiger partial charge >= 0.3 is 11.9 Å². The van der Waals surface area contributed by atoms with Crippen LogP contribution in [-0.2, 0) is 14.4 Å². The summed E-state index contributed by atoms with van der Waals surface area (Å²) in [7, 11) is 0. The molecule has 0 saturated carbocycles. The second kappa shape index (κ2) is 4.56. The minimum atomic E-state index is -1.70. The molecule has 0 rings (SSSR count). The summed E-state index contributed by atoms with van der Waals surface area (Å²) in [6, 6.07) is -1.47. The fourth-order valence-electron chi connectivity index (χ4n) is 0.907. The van der Waals surface area contributed by atoms with Crippen molar-refractivity contribution in [2.45, 2.75) is 19.4 Å². The molecule has 0 aliphatic carbocycles. The average Bonchev–Trinajstić information content (AvgIpc) is 2.03. The lowest BCUT2D eigenvalue weighted by Gasteiger charge is -2.14. The van der Waals surface area contributed by atoms with Crippen molar-refractivity contribution in [1.82, 2.24) is 0 Å². The smallest absolute Gasteiger partial charge is 0.373 e. The quantitative estimate of drug-likeness (QED) is 0.481. The van der Waals surface area contributed by atoms with Crippen molar-refractivity contribution in [3.8, 4) is 0 Å². The maximum Gasteiger partial charge on any atom is 0.373 e. The van der Waals surface area contributed by atoms with Gasteiger partial charge in [0.1, 0.15) is 0 Å². The molecule has 2 atom stereocenters. The van der Waals surface area contributed by atoms with Gasteiger partial charge in [-0.15, -0.1) is 0 Å². The zero-order chi connectivity index (χ0) is 10.6. The number of ketones is 1. The lowest BCUT2D eigenvalue weighted by molar-refractivity contribution is -0.152. The van der Waals surface area contributed by atoms with E-state index in [1.54, 1.807) is 0 Å². The lowest BCUT2D eigenvalue weighted by Crippen LogP contribution is -2.45. The molecule has 0 amide bonds. The standard InChI is InChI=1S/C7H11NO5/c1-2-3(6(10)11)4(8)5(9)7(12)13/h3-4H,2,8H2,1H3,(H,10,11)(H,12,13). The van der Waals surface area contributed by atoms with Crippen LogP contribution in [0.1, 0.15) is 13.3 Å². The number of carboxylic acids is 2. The number of nitrogens with two attached hydrogens (primary N) is 1. The molecule has 6 heteroatoms. The van der Waals surface area contributed by atoms with E-state index >= 15 is 0 Å². The Kier molecular flexibility index (Phi) is 4.06. The van der Waals surface area contributed by atoms with Gasteiger partial charge in [0.25, 0.3) is 5.78 Å². The van der Waals surface area contributed by atoms with E-state index in [0.29, 0.717) is 0 Å². The molecule has 74 valence electrons. The zero-order valence-corrected chi connectivity index (χ0v) is 7.06. The van der Waals surface area contributed by atoms with Crippen molar-refractivity contribution in [2.75, 3.05) is 0 Å². The molecular formula is C7H11NO5. The van der Waals surface area contributed by atoms with Crippen LogP contribution in [0.15, 0.2) is 0 Å². The van der Waals surface area contributed by atoms with Gasteiger partial charge in [-0.3, -0.25) is 9.59 Å². The summed E-state index contributed by atoms with van der Waals surface area (Å²) in [5.74, 6) is -5.37. The third-order valence-corrected chi connectivity index (χ3v) is 1.70. The summed E-state index contributed by atoms with van der Waals surface area (Å²) in [5, 5.41) is 16.8. The zero-order valence-electron chi connectivity index (χ0n) is 7.06. The summed E-state index contributed by atoms with van der Waals surface area (Å²) < 4.78 is 0. The van der Waals surface area contributed by atoms with Gasteiger partial charge in [-0.05, 0) is 6.42 Å². The van der Waals surface area contributed by atoms with Crippen molar-refractivity contribution in [3.63, 3.8) is 0 Å². The van der Waals surface area contributed by atoms with Crippen LogP contribution >= 0.6 is 0 Å². The highest BCUT2D eigenvalue weighted by Gasteiger charge is 2.32. The van der Waals surface area contributed by atoms with Gasteiger partial charge in [0.2, 0.25) is 0 Å². The first-order valence-corrected chi connectivity index (χ1v) is 3.67. The molecule has 0 fully saturated rings. The molecule has 0 heterocycles. The number of hydrogen-bond acceptors (Lipinski definition) is 4. The fourth-order valence-corrected chi connectivity index (χ4v) is 0.907. The normalized spacial score (nSPS) is 14.6. The molecular weight excluding hydrogens is 178 g/mol. The number of carbonyl (C=O) groups is 3. The van der Waals surface area contributed by atoms with Crippen LogP contribution in [0.3, 0.4) is 0 Å². The van der Waals surface area contributed by atoms with Crippen LogP contribution in [0.2, 0.25) is 0 Å². The Hall–Kier alpha value is -1.43. The predicted molar refractivity (Wildman–Crippen MR) is 42.0 cm³/mol. The van der Waals surface area contributed by atoms with Gasteiger partial charge in [-0.1, -0.05) is 6.92 Å². The molecule has 0 radical (unpaired) electrons. The second-order valence-corrected chi connectivity index (χ2v) is 2.55. The van der Waals surface area contributed by atoms with Crippen LogP contribution in [0.5, 0.6) is 0 Å². The first-order valence-electron chi connectivity index (χ1n) is 3.67. The van der Waals surface area contributed by atoms with Crippen LogP contribution in [0.4, 0.5) is 0 Å². The van der Waals surface area contributed by atoms with E-state index < -0.39 is 29.7 Å². The number of hydrogen-bond donors (Lipinski definition) is 3. The minimum absolute atomic E-state index is 0.121. The second-order valence-electron chi connectivity index (χ2n) is 2.55. The van der Waals surface area contributed by atoms with E-state index in [4.69, 9.17) is 15.9 Å². The lowest BCUT2D eigenvalue weighted by atomic mass is 9.94. The van der Waals surface area contributed by atoms with E-state index in [-0.39, 0.29) is 6.42 Å². The topological polar surface area (TPSA) is 118 Å². The highest BCUT2D eigenvalue weighted by atomic mass is 16.4. The monoisotopic (exact) mass is 189 g/mol. The first kappa shape index (κ1) is 11.6. The molecule has 0 aliphatic rings. The highest BCUT2D eigenvalue weighted by molar-refractivity contribution is 6.35. The number of carboxylic acid groups (broad SMARTS) is 2. The van der Waals surface area contributed by atoms with Crippen LogP contribution in [0, 0.1) is 5.92 Å². The predicted octanol–water partition coefficient (Wildman–Crippen LogP) is -0.922. The van der Waals surface area contributed by atoms with Crippen LogP contribution < -0.4 is 5.73 Å². The summed E-state index contributed by atoms with van der Waals surface area (Å²) in [6.45, 7) is 1.52. The number of Topliss-reactive ketones (excluding diaryl/α,β-unsaturated/α-hetero) is 1.